The van der Waals surface area contributed by atoms with Crippen LogP contribution in [-0.2, 0) is 0 Å². The molecule has 0 bridgehead atoms. The van der Waals surface area contributed by atoms with Crippen molar-refractivity contribution >= 4 is 17.3 Å². The summed E-state index contributed by atoms with van der Waals surface area (Å²) in [6.45, 7) is 2.22. The highest BCUT2D eigenvalue weighted by molar-refractivity contribution is 6.30. The van der Waals surface area contributed by atoms with Gasteiger partial charge in [-0.1, -0.05) is 35.9 Å². The van der Waals surface area contributed by atoms with Crippen LogP contribution in [-0.4, -0.2) is 19.1 Å². The summed E-state index contributed by atoms with van der Waals surface area (Å²) in [4.78, 5) is 0. The lowest BCUT2D eigenvalue weighted by atomic mass is 9.86. The van der Waals surface area contributed by atoms with E-state index in [0.717, 1.165) is 18.1 Å². The minimum Gasteiger partial charge on any atom is -0.381 e. The monoisotopic (exact) mass is 298 g/mol. The number of hydrogen-bond acceptors (Lipinski definition) is 2. The average Bonchev–Trinajstić information content (AvgIpc) is 2.70. The predicted molar refractivity (Wildman–Crippen MR) is 89.1 cm³/mol. The predicted octanol–water partition coefficient (Wildman–Crippen LogP) is 4.27. The highest BCUT2D eigenvalue weighted by atomic mass is 35.5. The molecule has 1 fully saturated rings. The van der Waals surface area contributed by atoms with Crippen LogP contribution in [0.2, 0.25) is 5.02 Å². The molecular weight excluding hydrogens is 280 g/mol. The Balaban J connectivity index is 1.81. The lowest BCUT2D eigenvalue weighted by Crippen LogP contribution is -2.21. The molecule has 108 valence electrons. The molecule has 2 N–H and O–H groups in total. The zero-order chi connectivity index (χ0) is 14.2. The summed E-state index contributed by atoms with van der Waals surface area (Å²) < 4.78 is 0. The summed E-state index contributed by atoms with van der Waals surface area (Å²) >= 11 is 6.03. The van der Waals surface area contributed by atoms with Crippen LogP contribution in [0.4, 0.5) is 5.69 Å². The summed E-state index contributed by atoms with van der Waals surface area (Å²) in [5.74, 6) is 0.613. The number of halogens is 1. The van der Waals surface area contributed by atoms with E-state index in [0.29, 0.717) is 12.0 Å². The number of hydrogen-bond donors (Lipinski definition) is 2. The molecular formula is C18H19ClN2. The first-order valence-electron chi connectivity index (χ1n) is 7.69. The summed E-state index contributed by atoms with van der Waals surface area (Å²) in [7, 11) is 0. The van der Waals surface area contributed by atoms with Gasteiger partial charge in [0.15, 0.2) is 0 Å². The summed E-state index contributed by atoms with van der Waals surface area (Å²) in [6, 6.07) is 15.4. The van der Waals surface area contributed by atoms with Crippen molar-refractivity contribution < 1.29 is 0 Å². The van der Waals surface area contributed by atoms with Gasteiger partial charge in [-0.05, 0) is 60.8 Å². The topological polar surface area (TPSA) is 24.1 Å². The van der Waals surface area contributed by atoms with Crippen LogP contribution in [0.25, 0.3) is 11.1 Å². The van der Waals surface area contributed by atoms with Gasteiger partial charge in [-0.2, -0.15) is 0 Å². The van der Waals surface area contributed by atoms with Crippen LogP contribution in [0.5, 0.6) is 0 Å². The summed E-state index contributed by atoms with van der Waals surface area (Å²) in [6.07, 6.45) is 2.40. The number of rotatable bonds is 1. The third-order valence-corrected chi connectivity index (χ3v) is 4.97. The van der Waals surface area contributed by atoms with E-state index in [-0.39, 0.29) is 0 Å². The second-order valence-electron chi connectivity index (χ2n) is 5.96. The minimum absolute atomic E-state index is 0.573. The molecule has 2 aromatic carbocycles. The third-order valence-electron chi connectivity index (χ3n) is 4.72. The molecule has 2 aliphatic heterocycles. The first kappa shape index (κ1) is 13.2. The second-order valence-corrected chi connectivity index (χ2v) is 6.39. The maximum atomic E-state index is 6.03. The van der Waals surface area contributed by atoms with Crippen molar-refractivity contribution in [1.29, 1.82) is 0 Å². The van der Waals surface area contributed by atoms with Crippen molar-refractivity contribution in [3.05, 3.63) is 53.1 Å². The highest BCUT2D eigenvalue weighted by Crippen LogP contribution is 2.45. The first-order chi connectivity index (χ1) is 10.3. The largest absolute Gasteiger partial charge is 0.381 e. The smallest absolute Gasteiger partial charge is 0.0406 e. The SMILES string of the molecule is Clc1ccc(-c2cccc3c2C2CCNCCC2N3)cc1. The van der Waals surface area contributed by atoms with E-state index in [2.05, 4.69) is 41.0 Å². The Morgan fingerprint density at radius 3 is 2.62 bits per heavy atom. The van der Waals surface area contributed by atoms with Gasteiger partial charge >= 0.3 is 0 Å². The van der Waals surface area contributed by atoms with Gasteiger partial charge in [0, 0.05) is 22.7 Å². The van der Waals surface area contributed by atoms with E-state index in [4.69, 9.17) is 11.6 Å². The van der Waals surface area contributed by atoms with E-state index in [1.165, 1.54) is 35.2 Å². The van der Waals surface area contributed by atoms with Crippen molar-refractivity contribution in [1.82, 2.24) is 5.32 Å². The second kappa shape index (κ2) is 5.36. The molecule has 2 unspecified atom stereocenters. The number of nitrogens with one attached hydrogen (secondary N) is 2. The van der Waals surface area contributed by atoms with Crippen LogP contribution in [0.3, 0.4) is 0 Å². The summed E-state index contributed by atoms with van der Waals surface area (Å²) in [5, 5.41) is 8.04. The molecule has 0 aliphatic carbocycles. The van der Waals surface area contributed by atoms with Gasteiger partial charge in [-0.3, -0.25) is 0 Å². The zero-order valence-electron chi connectivity index (χ0n) is 11.9. The van der Waals surface area contributed by atoms with Crippen LogP contribution in [0.1, 0.15) is 24.3 Å². The van der Waals surface area contributed by atoms with Crippen molar-refractivity contribution in [2.45, 2.75) is 24.8 Å². The molecule has 0 saturated carbocycles. The van der Waals surface area contributed by atoms with Gasteiger partial charge in [0.2, 0.25) is 0 Å². The Kier molecular flexibility index (Phi) is 3.36. The van der Waals surface area contributed by atoms with Crippen molar-refractivity contribution in [2.75, 3.05) is 18.4 Å². The van der Waals surface area contributed by atoms with Gasteiger partial charge in [-0.15, -0.1) is 0 Å². The maximum absolute atomic E-state index is 6.03. The maximum Gasteiger partial charge on any atom is 0.0406 e. The number of fused-ring (bicyclic) bond motifs is 3. The fraction of sp³-hybridized carbons (Fsp3) is 0.333. The lowest BCUT2D eigenvalue weighted by Gasteiger charge is -2.18. The van der Waals surface area contributed by atoms with Crippen molar-refractivity contribution in [3.63, 3.8) is 0 Å². The minimum atomic E-state index is 0.573. The van der Waals surface area contributed by atoms with Gasteiger partial charge < -0.3 is 10.6 Å². The normalized spacial score (nSPS) is 23.9. The van der Waals surface area contributed by atoms with Crippen molar-refractivity contribution in [3.8, 4) is 11.1 Å². The molecule has 1 saturated heterocycles. The van der Waals surface area contributed by atoms with Crippen molar-refractivity contribution in [2.24, 2.45) is 0 Å². The molecule has 0 aromatic heterocycles. The number of benzene rings is 2. The molecule has 21 heavy (non-hydrogen) atoms. The van der Waals surface area contributed by atoms with Gasteiger partial charge in [0.1, 0.15) is 0 Å². The van der Waals surface area contributed by atoms with E-state index < -0.39 is 0 Å². The molecule has 2 aromatic rings. The third kappa shape index (κ3) is 2.33. The molecule has 0 spiro atoms. The zero-order valence-corrected chi connectivity index (χ0v) is 12.7. The van der Waals surface area contributed by atoms with Crippen LogP contribution >= 0.6 is 11.6 Å². The fourth-order valence-electron chi connectivity index (χ4n) is 3.73. The lowest BCUT2D eigenvalue weighted by molar-refractivity contribution is 0.579. The standard InChI is InChI=1S/C18H19ClN2/c19-13-6-4-12(5-7-13)14-2-1-3-17-18(14)15-8-10-20-11-9-16(15)21-17/h1-7,15-16,20-21H,8-11H2. The molecule has 0 amide bonds. The first-order valence-corrected chi connectivity index (χ1v) is 8.07. The quantitative estimate of drug-likeness (QED) is 0.821. The summed E-state index contributed by atoms with van der Waals surface area (Å²) in [5.41, 5.74) is 5.43. The molecule has 4 rings (SSSR count). The molecule has 3 heteroatoms. The van der Waals surface area contributed by atoms with Gasteiger partial charge in [0.05, 0.1) is 0 Å². The Morgan fingerprint density at radius 1 is 0.952 bits per heavy atom. The molecule has 2 heterocycles. The van der Waals surface area contributed by atoms with E-state index in [1.807, 2.05) is 12.1 Å². The fourth-order valence-corrected chi connectivity index (χ4v) is 3.86. The molecule has 2 aliphatic rings. The van der Waals surface area contributed by atoms with Crippen LogP contribution in [0, 0.1) is 0 Å². The molecule has 2 nitrogen and oxygen atoms in total. The van der Waals surface area contributed by atoms with E-state index in [9.17, 15) is 0 Å². The van der Waals surface area contributed by atoms with E-state index >= 15 is 0 Å². The van der Waals surface area contributed by atoms with E-state index in [1.54, 1.807) is 0 Å². The average molecular weight is 299 g/mol. The van der Waals surface area contributed by atoms with Crippen LogP contribution in [0.15, 0.2) is 42.5 Å². The Bertz CT molecular complexity index is 651. The Labute approximate surface area is 130 Å². The Hall–Kier alpha value is -1.51. The van der Waals surface area contributed by atoms with Gasteiger partial charge in [0.25, 0.3) is 0 Å². The highest BCUT2D eigenvalue weighted by Gasteiger charge is 2.34. The van der Waals surface area contributed by atoms with Crippen LogP contribution < -0.4 is 10.6 Å². The number of anilines is 1. The Morgan fingerprint density at radius 2 is 1.76 bits per heavy atom. The van der Waals surface area contributed by atoms with Gasteiger partial charge in [-0.25, -0.2) is 0 Å². The molecule has 2 atom stereocenters. The molecule has 0 radical (unpaired) electrons.